The molecule has 0 heterocycles. The molecule has 0 unspecified atom stereocenters. The number of nitrogens with one attached hydrogen (secondary N) is 1. The molecule has 0 aromatic rings. The molecule has 0 saturated carbocycles. The number of carbonyl (C=O) groups excluding carboxylic acids is 1. The molecule has 3 nitrogen and oxygen atoms in total. The molecule has 0 aliphatic carbocycles. The third kappa shape index (κ3) is 6.58. The van der Waals surface area contributed by atoms with E-state index in [9.17, 15) is 4.79 Å². The summed E-state index contributed by atoms with van der Waals surface area (Å²) in [4.78, 5) is 11.2. The summed E-state index contributed by atoms with van der Waals surface area (Å²) in [6.07, 6.45) is 1.61. The van der Waals surface area contributed by atoms with Crippen LogP contribution >= 0.6 is 0 Å². The van der Waals surface area contributed by atoms with E-state index in [1.54, 1.807) is 0 Å². The summed E-state index contributed by atoms with van der Waals surface area (Å²) in [7, 11) is 0. The summed E-state index contributed by atoms with van der Waals surface area (Å²) in [5.41, 5.74) is 5.59. The summed E-state index contributed by atoms with van der Waals surface area (Å²) in [5.74, 6) is 1.08. The molecule has 0 bridgehead atoms. The van der Waals surface area contributed by atoms with Gasteiger partial charge >= 0.3 is 0 Å². The highest BCUT2D eigenvalue weighted by Gasteiger charge is 2.12. The van der Waals surface area contributed by atoms with E-state index >= 15 is 0 Å². The number of amides is 1. The van der Waals surface area contributed by atoms with Gasteiger partial charge in [0.2, 0.25) is 5.91 Å². The lowest BCUT2D eigenvalue weighted by atomic mass is 9.94. The molecule has 0 saturated heterocycles. The number of carbonyl (C=O) groups is 1. The van der Waals surface area contributed by atoms with E-state index in [0.29, 0.717) is 31.3 Å². The van der Waals surface area contributed by atoms with Crippen molar-refractivity contribution in [2.24, 2.45) is 17.6 Å². The largest absolute Gasteiger partial charge is 0.356 e. The van der Waals surface area contributed by atoms with Crippen LogP contribution in [0.1, 0.15) is 33.6 Å². The quantitative estimate of drug-likeness (QED) is 0.653. The minimum Gasteiger partial charge on any atom is -0.356 e. The van der Waals surface area contributed by atoms with Gasteiger partial charge in [0.1, 0.15) is 0 Å². The average Bonchev–Trinajstić information content (AvgIpc) is 2.02. The van der Waals surface area contributed by atoms with Gasteiger partial charge in [0.05, 0.1) is 0 Å². The Morgan fingerprint density at radius 3 is 2.46 bits per heavy atom. The van der Waals surface area contributed by atoms with Crippen molar-refractivity contribution in [3.8, 4) is 0 Å². The lowest BCUT2D eigenvalue weighted by molar-refractivity contribution is -0.121. The Labute approximate surface area is 81.1 Å². The number of rotatable bonds is 6. The van der Waals surface area contributed by atoms with Crippen LogP contribution in [0.4, 0.5) is 0 Å². The smallest absolute Gasteiger partial charge is 0.220 e. The zero-order valence-electron chi connectivity index (χ0n) is 8.97. The van der Waals surface area contributed by atoms with E-state index in [2.05, 4.69) is 19.2 Å². The van der Waals surface area contributed by atoms with Gasteiger partial charge in [0, 0.05) is 13.0 Å². The molecule has 3 heteroatoms. The molecule has 0 aromatic heterocycles. The van der Waals surface area contributed by atoms with E-state index in [1.807, 2.05) is 6.92 Å². The molecular weight excluding hydrogens is 164 g/mol. The Hall–Kier alpha value is -0.570. The minimum absolute atomic E-state index is 0.124. The monoisotopic (exact) mass is 186 g/mol. The van der Waals surface area contributed by atoms with Crippen LogP contribution in [0.25, 0.3) is 0 Å². The van der Waals surface area contributed by atoms with Gasteiger partial charge in [0.15, 0.2) is 0 Å². The minimum atomic E-state index is 0.124. The van der Waals surface area contributed by atoms with Gasteiger partial charge < -0.3 is 11.1 Å². The standard InChI is InChI=1S/C10H22N2O/c1-4-12-10(13)6-9(7-11)5-8(2)3/h8-9H,4-7,11H2,1-3H3,(H,12,13)/t9-/m0/s1. The molecule has 0 aromatic carbocycles. The van der Waals surface area contributed by atoms with Gasteiger partial charge in [0.25, 0.3) is 0 Å². The Bertz CT molecular complexity index is 146. The molecule has 3 N–H and O–H groups in total. The third-order valence-corrected chi connectivity index (χ3v) is 1.99. The van der Waals surface area contributed by atoms with E-state index < -0.39 is 0 Å². The van der Waals surface area contributed by atoms with E-state index in [0.717, 1.165) is 6.42 Å². The van der Waals surface area contributed by atoms with Gasteiger partial charge in [-0.15, -0.1) is 0 Å². The lowest BCUT2D eigenvalue weighted by Crippen LogP contribution is -2.28. The summed E-state index contributed by atoms with van der Waals surface area (Å²) in [6, 6.07) is 0. The second-order valence-corrected chi connectivity index (χ2v) is 3.89. The van der Waals surface area contributed by atoms with Crippen LogP contribution in [0.2, 0.25) is 0 Å². The fourth-order valence-electron chi connectivity index (χ4n) is 1.46. The SMILES string of the molecule is CCNC(=O)C[C@@H](CN)CC(C)C. The second kappa shape index (κ2) is 6.89. The van der Waals surface area contributed by atoms with Crippen LogP contribution < -0.4 is 11.1 Å². The number of hydrogen-bond acceptors (Lipinski definition) is 2. The summed E-state index contributed by atoms with van der Waals surface area (Å²) >= 11 is 0. The van der Waals surface area contributed by atoms with Crippen molar-refractivity contribution in [3.63, 3.8) is 0 Å². The maximum atomic E-state index is 11.2. The van der Waals surface area contributed by atoms with Gasteiger partial charge in [-0.05, 0) is 31.7 Å². The predicted octanol–water partition coefficient (Wildman–Crippen LogP) is 1.13. The first kappa shape index (κ1) is 12.4. The molecule has 0 aliphatic rings. The molecule has 13 heavy (non-hydrogen) atoms. The third-order valence-electron chi connectivity index (χ3n) is 1.99. The van der Waals surface area contributed by atoms with E-state index in [-0.39, 0.29) is 5.91 Å². The van der Waals surface area contributed by atoms with E-state index in [1.165, 1.54) is 0 Å². The van der Waals surface area contributed by atoms with Crippen molar-refractivity contribution in [1.29, 1.82) is 0 Å². The first-order valence-corrected chi connectivity index (χ1v) is 5.06. The number of nitrogens with two attached hydrogens (primary N) is 1. The number of hydrogen-bond donors (Lipinski definition) is 2. The second-order valence-electron chi connectivity index (χ2n) is 3.89. The maximum Gasteiger partial charge on any atom is 0.220 e. The molecule has 78 valence electrons. The maximum absolute atomic E-state index is 11.2. The van der Waals surface area contributed by atoms with Crippen LogP contribution in [-0.4, -0.2) is 19.0 Å². The fourth-order valence-corrected chi connectivity index (χ4v) is 1.46. The van der Waals surface area contributed by atoms with Gasteiger partial charge in [-0.1, -0.05) is 13.8 Å². The summed E-state index contributed by atoms with van der Waals surface area (Å²) < 4.78 is 0. The van der Waals surface area contributed by atoms with Crippen molar-refractivity contribution in [3.05, 3.63) is 0 Å². The summed E-state index contributed by atoms with van der Waals surface area (Å²) in [5, 5.41) is 2.79. The van der Waals surface area contributed by atoms with Crippen molar-refractivity contribution in [2.45, 2.75) is 33.6 Å². The van der Waals surface area contributed by atoms with Gasteiger partial charge in [-0.25, -0.2) is 0 Å². The topological polar surface area (TPSA) is 55.1 Å². The van der Waals surface area contributed by atoms with Gasteiger partial charge in [-0.3, -0.25) is 4.79 Å². The highest BCUT2D eigenvalue weighted by molar-refractivity contribution is 5.76. The predicted molar refractivity (Wildman–Crippen MR) is 55.3 cm³/mol. The zero-order valence-corrected chi connectivity index (χ0v) is 8.97. The van der Waals surface area contributed by atoms with Gasteiger partial charge in [-0.2, -0.15) is 0 Å². The first-order chi connectivity index (χ1) is 6.10. The highest BCUT2D eigenvalue weighted by atomic mass is 16.1. The van der Waals surface area contributed by atoms with Crippen LogP contribution in [0.5, 0.6) is 0 Å². The molecular formula is C10H22N2O. The Morgan fingerprint density at radius 2 is 2.08 bits per heavy atom. The molecule has 0 fully saturated rings. The molecule has 1 atom stereocenters. The molecule has 0 radical (unpaired) electrons. The van der Waals surface area contributed by atoms with Crippen molar-refractivity contribution in [1.82, 2.24) is 5.32 Å². The van der Waals surface area contributed by atoms with E-state index in [4.69, 9.17) is 5.73 Å². The zero-order chi connectivity index (χ0) is 10.3. The molecule has 0 aliphatic heterocycles. The average molecular weight is 186 g/mol. The van der Waals surface area contributed by atoms with Crippen LogP contribution in [0.15, 0.2) is 0 Å². The highest BCUT2D eigenvalue weighted by Crippen LogP contribution is 2.13. The fraction of sp³-hybridized carbons (Fsp3) is 0.900. The van der Waals surface area contributed by atoms with Crippen LogP contribution in [0.3, 0.4) is 0 Å². The molecule has 1 amide bonds. The Morgan fingerprint density at radius 1 is 1.46 bits per heavy atom. The van der Waals surface area contributed by atoms with Crippen molar-refractivity contribution in [2.75, 3.05) is 13.1 Å². The lowest BCUT2D eigenvalue weighted by Gasteiger charge is -2.16. The van der Waals surface area contributed by atoms with Crippen molar-refractivity contribution >= 4 is 5.91 Å². The normalized spacial score (nSPS) is 13.0. The van der Waals surface area contributed by atoms with Crippen LogP contribution in [0, 0.1) is 11.8 Å². The van der Waals surface area contributed by atoms with Crippen molar-refractivity contribution < 1.29 is 4.79 Å². The summed E-state index contributed by atoms with van der Waals surface area (Å²) in [6.45, 7) is 7.55. The Balaban J connectivity index is 3.76. The molecule has 0 rings (SSSR count). The Kier molecular flexibility index (Phi) is 6.59. The molecule has 0 spiro atoms. The van der Waals surface area contributed by atoms with Crippen LogP contribution in [-0.2, 0) is 4.79 Å². The first-order valence-electron chi connectivity index (χ1n) is 5.06.